The van der Waals surface area contributed by atoms with Crippen LogP contribution in [-0.4, -0.2) is 29.9 Å². The average Bonchev–Trinajstić information content (AvgIpc) is 2.61. The fourth-order valence-electron chi connectivity index (χ4n) is 2.28. The molecule has 1 saturated heterocycles. The van der Waals surface area contributed by atoms with Gasteiger partial charge in [0.25, 0.3) is 0 Å². The zero-order valence-electron chi connectivity index (χ0n) is 10.0. The van der Waals surface area contributed by atoms with E-state index < -0.39 is 0 Å². The van der Waals surface area contributed by atoms with E-state index in [0.29, 0.717) is 24.3 Å². The van der Waals surface area contributed by atoms with Crippen LogP contribution < -0.4 is 5.73 Å². The first-order chi connectivity index (χ1) is 7.15. The van der Waals surface area contributed by atoms with Crippen LogP contribution in [0, 0.1) is 5.92 Å². The van der Waals surface area contributed by atoms with Crippen LogP contribution in [0.5, 0.6) is 0 Å². The number of likely N-dealkylation sites (tertiary alicyclic amines) is 1. The molecule has 0 radical (unpaired) electrons. The third-order valence-corrected chi connectivity index (χ3v) is 3.02. The van der Waals surface area contributed by atoms with Gasteiger partial charge < -0.3 is 10.6 Å². The van der Waals surface area contributed by atoms with Gasteiger partial charge in [-0.2, -0.15) is 0 Å². The van der Waals surface area contributed by atoms with E-state index in [0.717, 1.165) is 25.9 Å². The van der Waals surface area contributed by atoms with E-state index in [1.165, 1.54) is 12.8 Å². The van der Waals surface area contributed by atoms with Crippen LogP contribution in [-0.2, 0) is 4.79 Å². The molecule has 15 heavy (non-hydrogen) atoms. The van der Waals surface area contributed by atoms with E-state index in [1.54, 1.807) is 0 Å². The number of nitrogens with zero attached hydrogens (tertiary/aromatic N) is 1. The van der Waals surface area contributed by atoms with E-state index >= 15 is 0 Å². The fraction of sp³-hybridized carbons (Fsp3) is 0.917. The van der Waals surface area contributed by atoms with Crippen molar-refractivity contribution < 1.29 is 4.79 Å². The number of hydrogen-bond acceptors (Lipinski definition) is 2. The number of hydrogen-bond donors (Lipinski definition) is 1. The van der Waals surface area contributed by atoms with Crippen molar-refractivity contribution in [2.24, 2.45) is 11.7 Å². The average molecular weight is 212 g/mol. The number of carbonyl (C=O) groups excluding carboxylic acids is 1. The Bertz CT molecular complexity index is 204. The van der Waals surface area contributed by atoms with Crippen LogP contribution >= 0.6 is 0 Å². The molecule has 0 spiro atoms. The Morgan fingerprint density at radius 3 is 2.87 bits per heavy atom. The molecule has 0 aromatic carbocycles. The Morgan fingerprint density at radius 1 is 1.53 bits per heavy atom. The van der Waals surface area contributed by atoms with Crippen LogP contribution in [0.3, 0.4) is 0 Å². The quantitative estimate of drug-likeness (QED) is 0.755. The minimum Gasteiger partial charge on any atom is -0.340 e. The molecule has 1 heterocycles. The maximum absolute atomic E-state index is 11.9. The summed E-state index contributed by atoms with van der Waals surface area (Å²) in [5, 5.41) is 0. The van der Waals surface area contributed by atoms with Crippen LogP contribution in [0.15, 0.2) is 0 Å². The fourth-order valence-corrected chi connectivity index (χ4v) is 2.28. The van der Waals surface area contributed by atoms with E-state index in [4.69, 9.17) is 5.73 Å². The summed E-state index contributed by atoms with van der Waals surface area (Å²) in [5.41, 5.74) is 5.51. The number of nitrogens with two attached hydrogens (primary N) is 1. The lowest BCUT2D eigenvalue weighted by atomic mass is 10.1. The predicted octanol–water partition coefficient (Wildman–Crippen LogP) is 1.76. The SMILES string of the molecule is CC(C)CC(=O)N1CCCC1CCCN. The summed E-state index contributed by atoms with van der Waals surface area (Å²) in [4.78, 5) is 14.0. The zero-order valence-corrected chi connectivity index (χ0v) is 10.0. The Kier molecular flexibility index (Phi) is 5.09. The van der Waals surface area contributed by atoms with Crippen LogP contribution in [0.2, 0.25) is 0 Å². The molecule has 0 aliphatic carbocycles. The summed E-state index contributed by atoms with van der Waals surface area (Å²) in [6, 6.07) is 0.472. The zero-order chi connectivity index (χ0) is 11.3. The minimum atomic E-state index is 0.338. The maximum Gasteiger partial charge on any atom is 0.223 e. The van der Waals surface area contributed by atoms with Gasteiger partial charge in [0.15, 0.2) is 0 Å². The Hall–Kier alpha value is -0.570. The van der Waals surface area contributed by atoms with E-state index in [-0.39, 0.29) is 0 Å². The van der Waals surface area contributed by atoms with Crippen LogP contribution in [0.1, 0.15) is 46.0 Å². The molecular formula is C12H24N2O. The topological polar surface area (TPSA) is 46.3 Å². The van der Waals surface area contributed by atoms with Crippen molar-refractivity contribution in [3.8, 4) is 0 Å². The number of rotatable bonds is 5. The molecule has 0 aromatic rings. The molecule has 1 rings (SSSR count). The summed E-state index contributed by atoms with van der Waals surface area (Å²) in [6.07, 6.45) is 5.15. The third-order valence-electron chi connectivity index (χ3n) is 3.02. The smallest absolute Gasteiger partial charge is 0.223 e. The molecule has 88 valence electrons. The standard InChI is InChI=1S/C12H24N2O/c1-10(2)9-12(15)14-8-4-6-11(14)5-3-7-13/h10-11H,3-9,13H2,1-2H3. The lowest BCUT2D eigenvalue weighted by Gasteiger charge is -2.25. The Balaban J connectivity index is 2.41. The van der Waals surface area contributed by atoms with Crippen molar-refractivity contribution in [3.05, 3.63) is 0 Å². The maximum atomic E-state index is 11.9. The summed E-state index contributed by atoms with van der Waals surface area (Å²) >= 11 is 0. The molecule has 3 heteroatoms. The highest BCUT2D eigenvalue weighted by Crippen LogP contribution is 2.22. The van der Waals surface area contributed by atoms with Crippen LogP contribution in [0.4, 0.5) is 0 Å². The first-order valence-electron chi connectivity index (χ1n) is 6.14. The van der Waals surface area contributed by atoms with Gasteiger partial charge >= 0.3 is 0 Å². The van der Waals surface area contributed by atoms with Gasteiger partial charge in [0.1, 0.15) is 0 Å². The molecule has 1 aliphatic heterocycles. The van der Waals surface area contributed by atoms with E-state index in [2.05, 4.69) is 18.7 Å². The first-order valence-corrected chi connectivity index (χ1v) is 6.14. The molecule has 3 nitrogen and oxygen atoms in total. The molecule has 0 bridgehead atoms. The molecular weight excluding hydrogens is 188 g/mol. The highest BCUT2D eigenvalue weighted by atomic mass is 16.2. The van der Waals surface area contributed by atoms with Crippen molar-refractivity contribution in [1.29, 1.82) is 0 Å². The lowest BCUT2D eigenvalue weighted by Crippen LogP contribution is -2.36. The summed E-state index contributed by atoms with van der Waals surface area (Å²) in [7, 11) is 0. The lowest BCUT2D eigenvalue weighted by molar-refractivity contribution is -0.132. The number of carbonyl (C=O) groups is 1. The predicted molar refractivity (Wildman–Crippen MR) is 62.5 cm³/mol. The normalized spacial score (nSPS) is 21.3. The molecule has 1 amide bonds. The van der Waals surface area contributed by atoms with Gasteiger partial charge in [-0.3, -0.25) is 4.79 Å². The first kappa shape index (κ1) is 12.5. The van der Waals surface area contributed by atoms with Gasteiger partial charge in [0, 0.05) is 19.0 Å². The summed E-state index contributed by atoms with van der Waals surface area (Å²) in [6.45, 7) is 5.90. The van der Waals surface area contributed by atoms with Gasteiger partial charge in [0.05, 0.1) is 0 Å². The molecule has 2 N–H and O–H groups in total. The van der Waals surface area contributed by atoms with Crippen molar-refractivity contribution in [3.63, 3.8) is 0 Å². The second-order valence-corrected chi connectivity index (χ2v) is 4.91. The summed E-state index contributed by atoms with van der Waals surface area (Å²) in [5.74, 6) is 0.803. The van der Waals surface area contributed by atoms with E-state index in [9.17, 15) is 4.79 Å². The summed E-state index contributed by atoms with van der Waals surface area (Å²) < 4.78 is 0. The molecule has 1 aliphatic rings. The Labute approximate surface area is 93.0 Å². The van der Waals surface area contributed by atoms with Gasteiger partial charge in [-0.15, -0.1) is 0 Å². The second-order valence-electron chi connectivity index (χ2n) is 4.91. The van der Waals surface area contributed by atoms with Gasteiger partial charge in [-0.1, -0.05) is 13.8 Å². The van der Waals surface area contributed by atoms with Gasteiger partial charge in [-0.05, 0) is 38.1 Å². The third kappa shape index (κ3) is 3.82. The van der Waals surface area contributed by atoms with Gasteiger partial charge in [0.2, 0.25) is 5.91 Å². The number of amides is 1. The molecule has 1 fully saturated rings. The van der Waals surface area contributed by atoms with Crippen molar-refractivity contribution in [1.82, 2.24) is 4.90 Å². The monoisotopic (exact) mass is 212 g/mol. The molecule has 0 saturated carbocycles. The van der Waals surface area contributed by atoms with Crippen LogP contribution in [0.25, 0.3) is 0 Å². The molecule has 0 aromatic heterocycles. The minimum absolute atomic E-state index is 0.338. The molecule has 1 unspecified atom stereocenters. The largest absolute Gasteiger partial charge is 0.340 e. The van der Waals surface area contributed by atoms with Gasteiger partial charge in [-0.25, -0.2) is 0 Å². The van der Waals surface area contributed by atoms with Crippen molar-refractivity contribution >= 4 is 5.91 Å². The highest BCUT2D eigenvalue weighted by molar-refractivity contribution is 5.77. The van der Waals surface area contributed by atoms with E-state index in [1.807, 2.05) is 0 Å². The second kappa shape index (κ2) is 6.11. The van der Waals surface area contributed by atoms with Crippen molar-refractivity contribution in [2.75, 3.05) is 13.1 Å². The molecule has 1 atom stereocenters. The Morgan fingerprint density at radius 2 is 2.27 bits per heavy atom. The van der Waals surface area contributed by atoms with Crippen molar-refractivity contribution in [2.45, 2.75) is 52.0 Å². The highest BCUT2D eigenvalue weighted by Gasteiger charge is 2.27.